The van der Waals surface area contributed by atoms with E-state index in [9.17, 15) is 24.0 Å². The van der Waals surface area contributed by atoms with Crippen molar-refractivity contribution in [2.45, 2.75) is 81.1 Å². The maximum Gasteiger partial charge on any atom is 0.243 e. The molecule has 1 aliphatic heterocycles. The summed E-state index contributed by atoms with van der Waals surface area (Å²) in [6.07, 6.45) is 2.71. The van der Waals surface area contributed by atoms with Crippen molar-refractivity contribution in [2.75, 3.05) is 19.6 Å². The topological polar surface area (TPSA) is 224 Å². The summed E-state index contributed by atoms with van der Waals surface area (Å²) in [5.41, 5.74) is 17.5. The highest BCUT2D eigenvalue weighted by Gasteiger charge is 2.38. The van der Waals surface area contributed by atoms with E-state index in [1.54, 1.807) is 0 Å². The number of unbranched alkanes of at least 4 members (excludes halogenated alkanes) is 1. The molecule has 1 fully saturated rings. The molecule has 15 heteroatoms. The van der Waals surface area contributed by atoms with Gasteiger partial charge in [-0.3, -0.25) is 24.0 Å². The summed E-state index contributed by atoms with van der Waals surface area (Å²) >= 11 is 3.03. The lowest BCUT2D eigenvalue weighted by molar-refractivity contribution is -0.135. The van der Waals surface area contributed by atoms with Crippen LogP contribution in [0, 0.1) is 0 Å². The van der Waals surface area contributed by atoms with E-state index >= 15 is 0 Å². The molecule has 2 aromatic heterocycles. The SMILES string of the molecule is NCCCC[C@H](NC(=O)[C@H](Cc1ccccc1)NC(=O)[C@@H](Cc1cc2ccccc2s1)NC(=O)[C@@H](Cc1cc2ccccc2s1)NC(=O)C1(N)CCNCC1)C(N)=O. The molecule has 0 radical (unpaired) electrons. The van der Waals surface area contributed by atoms with Gasteiger partial charge in [0, 0.05) is 38.4 Å². The Morgan fingerprint density at radius 2 is 1.12 bits per heavy atom. The summed E-state index contributed by atoms with van der Waals surface area (Å²) in [5.74, 6) is -2.90. The van der Waals surface area contributed by atoms with Gasteiger partial charge in [-0.15, -0.1) is 22.7 Å². The highest BCUT2D eigenvalue weighted by molar-refractivity contribution is 7.19. The van der Waals surface area contributed by atoms with Gasteiger partial charge in [-0.2, -0.15) is 0 Å². The van der Waals surface area contributed by atoms with E-state index in [-0.39, 0.29) is 19.3 Å². The minimum absolute atomic E-state index is 0.105. The second-order valence-electron chi connectivity index (χ2n) is 14.9. The van der Waals surface area contributed by atoms with Crippen LogP contribution in [0.3, 0.4) is 0 Å². The largest absolute Gasteiger partial charge is 0.368 e. The van der Waals surface area contributed by atoms with Gasteiger partial charge in [0.1, 0.15) is 24.2 Å². The Morgan fingerprint density at radius 1 is 0.638 bits per heavy atom. The van der Waals surface area contributed by atoms with Crippen LogP contribution in [-0.4, -0.2) is 78.9 Å². The summed E-state index contributed by atoms with van der Waals surface area (Å²) in [4.78, 5) is 70.9. The van der Waals surface area contributed by atoms with Crippen molar-refractivity contribution < 1.29 is 24.0 Å². The van der Waals surface area contributed by atoms with Crippen molar-refractivity contribution in [1.82, 2.24) is 26.6 Å². The Balaban J connectivity index is 1.29. The summed E-state index contributed by atoms with van der Waals surface area (Å²) in [7, 11) is 0. The molecule has 0 saturated carbocycles. The molecule has 0 bridgehead atoms. The normalized spacial score (nSPS) is 15.8. The number of rotatable bonds is 19. The molecule has 1 aliphatic rings. The first-order valence-corrected chi connectivity index (χ1v) is 21.3. The third-order valence-corrected chi connectivity index (χ3v) is 12.8. The number of nitrogens with two attached hydrogens (primary N) is 3. The van der Waals surface area contributed by atoms with Crippen LogP contribution in [0.5, 0.6) is 0 Å². The minimum Gasteiger partial charge on any atom is -0.368 e. The summed E-state index contributed by atoms with van der Waals surface area (Å²) < 4.78 is 2.06. The predicted molar refractivity (Wildman–Crippen MR) is 230 cm³/mol. The quantitative estimate of drug-likeness (QED) is 0.0577. The second-order valence-corrected chi connectivity index (χ2v) is 17.2. The standard InChI is InChI=1S/C43H52N8O5S2/c44-19-9-8-14-32(38(45)52)48-39(53)33(22-27-10-2-1-3-11-27)49-40(54)34(25-30-23-28-12-4-6-15-36(28)57-30)50-41(55)35(51-42(56)43(46)17-20-47-21-18-43)26-31-24-29-13-5-7-16-37(29)58-31/h1-7,10-13,15-16,23-24,32-35,47H,8-9,14,17-22,25-26,44,46H2,(H2,45,52)(H,48,53)(H,49,54)(H,50,55)(H,51,56)/t32-,33-,34+,35+/m0/s1. The van der Waals surface area contributed by atoms with E-state index in [0.29, 0.717) is 51.7 Å². The van der Waals surface area contributed by atoms with Gasteiger partial charge < -0.3 is 43.8 Å². The molecule has 5 amide bonds. The molecule has 0 spiro atoms. The van der Waals surface area contributed by atoms with Gasteiger partial charge in [0.2, 0.25) is 29.5 Å². The number of carbonyl (C=O) groups is 5. The number of nitrogens with one attached hydrogen (secondary N) is 5. The van der Waals surface area contributed by atoms with Gasteiger partial charge in [0.15, 0.2) is 0 Å². The maximum atomic E-state index is 14.5. The van der Waals surface area contributed by atoms with Crippen LogP contribution in [0.1, 0.15) is 47.4 Å². The van der Waals surface area contributed by atoms with E-state index in [4.69, 9.17) is 17.2 Å². The van der Waals surface area contributed by atoms with Crippen LogP contribution in [0.4, 0.5) is 0 Å². The number of hydrogen-bond acceptors (Lipinski definition) is 10. The first-order valence-electron chi connectivity index (χ1n) is 19.7. The third kappa shape index (κ3) is 11.3. The molecule has 4 atom stereocenters. The molecule has 3 aromatic carbocycles. The molecule has 0 aliphatic carbocycles. The molecule has 0 unspecified atom stereocenters. The number of carbonyl (C=O) groups excluding carboxylic acids is 5. The Kier molecular flexibility index (Phi) is 14.6. The van der Waals surface area contributed by atoms with Gasteiger partial charge in [-0.05, 0) is 92.3 Å². The monoisotopic (exact) mass is 824 g/mol. The van der Waals surface area contributed by atoms with E-state index in [0.717, 1.165) is 35.5 Å². The van der Waals surface area contributed by atoms with E-state index in [1.807, 2.05) is 91.0 Å². The number of thiophene rings is 2. The zero-order valence-electron chi connectivity index (χ0n) is 32.3. The molecule has 13 nitrogen and oxygen atoms in total. The Hall–Kier alpha value is -5.19. The highest BCUT2D eigenvalue weighted by atomic mass is 32.1. The third-order valence-electron chi connectivity index (χ3n) is 10.5. The van der Waals surface area contributed by atoms with Gasteiger partial charge in [-0.1, -0.05) is 66.7 Å². The Bertz CT molecular complexity index is 2140. The summed E-state index contributed by atoms with van der Waals surface area (Å²) in [6, 6.07) is 24.6. The van der Waals surface area contributed by atoms with Crippen LogP contribution < -0.4 is 43.8 Å². The first-order chi connectivity index (χ1) is 28.0. The lowest BCUT2D eigenvalue weighted by atomic mass is 9.88. The van der Waals surface area contributed by atoms with E-state index in [1.165, 1.54) is 22.7 Å². The molecule has 3 heterocycles. The van der Waals surface area contributed by atoms with Crippen LogP contribution in [-0.2, 0) is 43.2 Å². The predicted octanol–water partition coefficient (Wildman–Crippen LogP) is 2.78. The summed E-state index contributed by atoms with van der Waals surface area (Å²) in [6.45, 7) is 1.57. The fourth-order valence-electron chi connectivity index (χ4n) is 7.15. The number of piperidine rings is 1. The van der Waals surface area contributed by atoms with Crippen LogP contribution in [0.15, 0.2) is 91.0 Å². The van der Waals surface area contributed by atoms with E-state index < -0.39 is 59.2 Å². The van der Waals surface area contributed by atoms with Crippen molar-refractivity contribution >= 4 is 72.4 Å². The summed E-state index contributed by atoms with van der Waals surface area (Å²) in [5, 5.41) is 16.8. The fraction of sp³-hybridized carbons (Fsp3) is 0.372. The van der Waals surface area contributed by atoms with Gasteiger partial charge in [-0.25, -0.2) is 0 Å². The average molecular weight is 825 g/mol. The molecule has 306 valence electrons. The molecule has 1 saturated heterocycles. The number of fused-ring (bicyclic) bond motifs is 2. The van der Waals surface area contributed by atoms with Crippen molar-refractivity contribution in [3.63, 3.8) is 0 Å². The molecule has 6 rings (SSSR count). The zero-order chi connectivity index (χ0) is 41.1. The molecular formula is C43H52N8O5S2. The average Bonchev–Trinajstić information content (AvgIpc) is 3.83. The number of benzene rings is 3. The van der Waals surface area contributed by atoms with Gasteiger partial charge in [0.05, 0.1) is 5.54 Å². The smallest absolute Gasteiger partial charge is 0.243 e. The number of primary amides is 1. The second kappa shape index (κ2) is 20.0. The number of hydrogen-bond donors (Lipinski definition) is 8. The van der Waals surface area contributed by atoms with Crippen molar-refractivity contribution in [2.24, 2.45) is 17.2 Å². The Morgan fingerprint density at radius 3 is 1.64 bits per heavy atom. The van der Waals surface area contributed by atoms with Gasteiger partial charge in [0.25, 0.3) is 0 Å². The lowest BCUT2D eigenvalue weighted by Crippen LogP contribution is -2.63. The molecule has 5 aromatic rings. The molecule has 11 N–H and O–H groups in total. The van der Waals surface area contributed by atoms with Crippen molar-refractivity contribution in [3.05, 3.63) is 106 Å². The van der Waals surface area contributed by atoms with Crippen molar-refractivity contribution in [1.29, 1.82) is 0 Å². The lowest BCUT2D eigenvalue weighted by Gasteiger charge is -2.34. The fourth-order valence-corrected chi connectivity index (χ4v) is 9.37. The minimum atomic E-state index is -1.16. The molecule has 58 heavy (non-hydrogen) atoms. The first kappa shape index (κ1) is 42.4. The van der Waals surface area contributed by atoms with E-state index in [2.05, 4.69) is 26.6 Å². The maximum absolute atomic E-state index is 14.5. The Labute approximate surface area is 345 Å². The van der Waals surface area contributed by atoms with Crippen LogP contribution in [0.2, 0.25) is 0 Å². The van der Waals surface area contributed by atoms with Crippen LogP contribution >= 0.6 is 22.7 Å². The molecular weight excluding hydrogens is 773 g/mol. The number of amides is 5. The zero-order valence-corrected chi connectivity index (χ0v) is 34.0. The van der Waals surface area contributed by atoms with Crippen LogP contribution in [0.25, 0.3) is 20.2 Å². The van der Waals surface area contributed by atoms with Gasteiger partial charge >= 0.3 is 0 Å². The van der Waals surface area contributed by atoms with Crippen molar-refractivity contribution in [3.8, 4) is 0 Å². The highest BCUT2D eigenvalue weighted by Crippen LogP contribution is 2.28.